The number of halogens is 2. The lowest BCUT2D eigenvalue weighted by Crippen LogP contribution is -2.19. The molecule has 3 aromatic carbocycles. The summed E-state index contributed by atoms with van der Waals surface area (Å²) in [5.74, 6) is 0. The zero-order valence-electron chi connectivity index (χ0n) is 13.5. The van der Waals surface area contributed by atoms with E-state index in [9.17, 15) is 0 Å². The van der Waals surface area contributed by atoms with Crippen molar-refractivity contribution in [3.8, 4) is 11.1 Å². The topological polar surface area (TPSA) is 12.0 Å². The summed E-state index contributed by atoms with van der Waals surface area (Å²) in [7, 11) is 0. The summed E-state index contributed by atoms with van der Waals surface area (Å²) in [5, 5.41) is 4.92. The molecule has 0 saturated carbocycles. The zero-order valence-corrected chi connectivity index (χ0v) is 15.0. The van der Waals surface area contributed by atoms with Gasteiger partial charge in [0, 0.05) is 28.2 Å². The van der Waals surface area contributed by atoms with Crippen LogP contribution in [0, 0.1) is 0 Å². The third-order valence-electron chi connectivity index (χ3n) is 4.13. The van der Waals surface area contributed by atoms with E-state index in [1.807, 2.05) is 24.3 Å². The van der Waals surface area contributed by atoms with E-state index in [-0.39, 0.29) is 6.04 Å². The molecule has 0 aliphatic carbocycles. The Kier molecular flexibility index (Phi) is 5.57. The molecule has 1 unspecified atom stereocenters. The third kappa shape index (κ3) is 3.81. The minimum absolute atomic E-state index is 0.0648. The zero-order chi connectivity index (χ0) is 16.9. The van der Waals surface area contributed by atoms with E-state index in [1.54, 1.807) is 0 Å². The smallest absolute Gasteiger partial charge is 0.0468 e. The van der Waals surface area contributed by atoms with Crippen LogP contribution in [0.1, 0.15) is 24.1 Å². The summed E-state index contributed by atoms with van der Waals surface area (Å²) in [5.41, 5.74) is 4.65. The molecule has 0 heterocycles. The van der Waals surface area contributed by atoms with Gasteiger partial charge in [-0.2, -0.15) is 0 Å². The predicted octanol–water partition coefficient (Wildman–Crippen LogP) is 6.51. The van der Waals surface area contributed by atoms with E-state index >= 15 is 0 Å². The molecule has 3 heteroatoms. The number of benzene rings is 3. The molecule has 122 valence electrons. The van der Waals surface area contributed by atoms with Crippen molar-refractivity contribution in [1.82, 2.24) is 5.32 Å². The molecule has 24 heavy (non-hydrogen) atoms. The Labute approximate surface area is 153 Å². The Morgan fingerprint density at radius 2 is 1.42 bits per heavy atom. The molecular formula is C21H19Cl2N. The van der Waals surface area contributed by atoms with Gasteiger partial charge in [0.15, 0.2) is 0 Å². The van der Waals surface area contributed by atoms with Crippen LogP contribution in [-0.2, 0) is 6.54 Å². The second-order valence-electron chi connectivity index (χ2n) is 5.76. The fourth-order valence-corrected chi connectivity index (χ4v) is 3.59. The van der Waals surface area contributed by atoms with E-state index in [0.29, 0.717) is 10.0 Å². The van der Waals surface area contributed by atoms with Crippen LogP contribution in [0.4, 0.5) is 0 Å². The molecule has 3 aromatic rings. The molecule has 0 aliphatic rings. The minimum atomic E-state index is 0.0648. The van der Waals surface area contributed by atoms with Crippen LogP contribution < -0.4 is 5.32 Å². The van der Waals surface area contributed by atoms with Gasteiger partial charge in [-0.05, 0) is 35.7 Å². The normalized spacial score (nSPS) is 12.1. The quantitative estimate of drug-likeness (QED) is 0.549. The van der Waals surface area contributed by atoms with Crippen LogP contribution in [0.2, 0.25) is 10.0 Å². The summed E-state index contributed by atoms with van der Waals surface area (Å²) in [4.78, 5) is 0. The van der Waals surface area contributed by atoms with Gasteiger partial charge in [-0.3, -0.25) is 0 Å². The van der Waals surface area contributed by atoms with Gasteiger partial charge in [-0.1, -0.05) is 83.9 Å². The lowest BCUT2D eigenvalue weighted by molar-refractivity contribution is 0.575. The maximum absolute atomic E-state index is 6.31. The van der Waals surface area contributed by atoms with Gasteiger partial charge in [0.05, 0.1) is 0 Å². The second-order valence-corrected chi connectivity index (χ2v) is 6.58. The molecule has 1 nitrogen and oxygen atoms in total. The number of hydrogen-bond donors (Lipinski definition) is 1. The maximum atomic E-state index is 6.31. The lowest BCUT2D eigenvalue weighted by Gasteiger charge is -2.18. The van der Waals surface area contributed by atoms with Gasteiger partial charge in [-0.25, -0.2) is 0 Å². The van der Waals surface area contributed by atoms with Gasteiger partial charge in [0.1, 0.15) is 0 Å². The molecule has 0 saturated heterocycles. The first-order valence-electron chi connectivity index (χ1n) is 7.97. The molecule has 0 aromatic heterocycles. The molecule has 3 rings (SSSR count). The van der Waals surface area contributed by atoms with Crippen molar-refractivity contribution in [2.45, 2.75) is 19.5 Å². The predicted molar refractivity (Wildman–Crippen MR) is 104 cm³/mol. The van der Waals surface area contributed by atoms with Gasteiger partial charge >= 0.3 is 0 Å². The van der Waals surface area contributed by atoms with Crippen molar-refractivity contribution in [3.05, 3.63) is 94.0 Å². The van der Waals surface area contributed by atoms with Gasteiger partial charge in [0.25, 0.3) is 0 Å². The number of rotatable bonds is 5. The van der Waals surface area contributed by atoms with E-state index < -0.39 is 0 Å². The molecule has 1 N–H and O–H groups in total. The van der Waals surface area contributed by atoms with Crippen molar-refractivity contribution in [2.24, 2.45) is 0 Å². The Hall–Kier alpha value is -1.80. The summed E-state index contributed by atoms with van der Waals surface area (Å²) < 4.78 is 0. The Bertz CT molecular complexity index is 795. The van der Waals surface area contributed by atoms with Crippen molar-refractivity contribution < 1.29 is 0 Å². The Morgan fingerprint density at radius 1 is 0.792 bits per heavy atom. The number of hydrogen-bond acceptors (Lipinski definition) is 1. The average Bonchev–Trinajstić information content (AvgIpc) is 2.61. The molecule has 0 aliphatic heterocycles. The summed E-state index contributed by atoms with van der Waals surface area (Å²) in [6.07, 6.45) is 0. The first-order chi connectivity index (χ1) is 11.7. The van der Waals surface area contributed by atoms with Crippen LogP contribution in [0.15, 0.2) is 72.8 Å². The van der Waals surface area contributed by atoms with Gasteiger partial charge in [-0.15, -0.1) is 0 Å². The van der Waals surface area contributed by atoms with Gasteiger partial charge in [0.2, 0.25) is 0 Å². The van der Waals surface area contributed by atoms with Crippen molar-refractivity contribution >= 4 is 23.2 Å². The van der Waals surface area contributed by atoms with Crippen LogP contribution >= 0.6 is 23.2 Å². The van der Waals surface area contributed by atoms with Crippen LogP contribution in [0.3, 0.4) is 0 Å². The standard InChI is InChI=1S/C21H19Cl2N/c1-15(21-19(22)12-7-13-20(21)23)24-14-17-10-5-6-11-18(17)16-8-3-2-4-9-16/h2-13,15,24H,14H2,1H3. The Balaban J connectivity index is 1.81. The third-order valence-corrected chi connectivity index (χ3v) is 4.79. The lowest BCUT2D eigenvalue weighted by atomic mass is 9.99. The number of nitrogens with one attached hydrogen (secondary N) is 1. The summed E-state index contributed by atoms with van der Waals surface area (Å²) in [6.45, 7) is 2.83. The second kappa shape index (κ2) is 7.85. The van der Waals surface area contributed by atoms with Crippen molar-refractivity contribution in [1.29, 1.82) is 0 Å². The minimum Gasteiger partial charge on any atom is -0.306 e. The first-order valence-corrected chi connectivity index (χ1v) is 8.73. The van der Waals surface area contributed by atoms with Crippen molar-refractivity contribution in [3.63, 3.8) is 0 Å². The highest BCUT2D eigenvalue weighted by atomic mass is 35.5. The van der Waals surface area contributed by atoms with Gasteiger partial charge < -0.3 is 5.32 Å². The average molecular weight is 356 g/mol. The van der Waals surface area contributed by atoms with E-state index in [4.69, 9.17) is 23.2 Å². The molecule has 0 spiro atoms. The molecule has 0 amide bonds. The fraction of sp³-hybridized carbons (Fsp3) is 0.143. The highest BCUT2D eigenvalue weighted by Gasteiger charge is 2.14. The maximum Gasteiger partial charge on any atom is 0.0468 e. The van der Waals surface area contributed by atoms with E-state index in [0.717, 1.165) is 12.1 Å². The largest absolute Gasteiger partial charge is 0.306 e. The van der Waals surface area contributed by atoms with Crippen LogP contribution in [0.5, 0.6) is 0 Å². The molecule has 1 atom stereocenters. The fourth-order valence-electron chi connectivity index (χ4n) is 2.86. The molecule has 0 bridgehead atoms. The molecule has 0 radical (unpaired) electrons. The highest BCUT2D eigenvalue weighted by Crippen LogP contribution is 2.31. The Morgan fingerprint density at radius 3 is 2.12 bits per heavy atom. The van der Waals surface area contributed by atoms with Crippen molar-refractivity contribution in [2.75, 3.05) is 0 Å². The van der Waals surface area contributed by atoms with E-state index in [2.05, 4.69) is 60.8 Å². The molecular weight excluding hydrogens is 337 g/mol. The van der Waals surface area contributed by atoms with E-state index in [1.165, 1.54) is 16.7 Å². The first kappa shape index (κ1) is 17.0. The highest BCUT2D eigenvalue weighted by molar-refractivity contribution is 6.36. The SMILES string of the molecule is CC(NCc1ccccc1-c1ccccc1)c1c(Cl)cccc1Cl. The van der Waals surface area contributed by atoms with Crippen LogP contribution in [-0.4, -0.2) is 0 Å². The summed E-state index contributed by atoms with van der Waals surface area (Å²) in [6, 6.07) is 24.5. The monoisotopic (exact) mass is 355 g/mol. The van der Waals surface area contributed by atoms with Crippen LogP contribution in [0.25, 0.3) is 11.1 Å². The molecule has 0 fully saturated rings. The summed E-state index contributed by atoms with van der Waals surface area (Å²) >= 11 is 12.6.